The van der Waals surface area contributed by atoms with E-state index in [4.69, 9.17) is 15.2 Å². The highest BCUT2D eigenvalue weighted by atomic mass is 19.1. The lowest BCUT2D eigenvalue weighted by Gasteiger charge is -2.26. The van der Waals surface area contributed by atoms with E-state index in [0.717, 1.165) is 16.8 Å². The molecule has 2 aliphatic heterocycles. The van der Waals surface area contributed by atoms with Gasteiger partial charge in [0.15, 0.2) is 6.61 Å². The Labute approximate surface area is 186 Å². The molecular weight excluding hydrogens is 411 g/mol. The van der Waals surface area contributed by atoms with Gasteiger partial charge in [0.2, 0.25) is 0 Å². The van der Waals surface area contributed by atoms with Gasteiger partial charge in [0, 0.05) is 5.69 Å². The molecule has 0 aliphatic carbocycles. The summed E-state index contributed by atoms with van der Waals surface area (Å²) in [6, 6.07) is 11.3. The first-order valence-corrected chi connectivity index (χ1v) is 10.2. The number of hydrogen-bond donors (Lipinski definition) is 3. The Balaban J connectivity index is 1.88. The number of carbonyl (C=O) groups excluding carboxylic acids is 1. The molecule has 2 heterocycles. The van der Waals surface area contributed by atoms with Crippen LogP contribution in [-0.4, -0.2) is 31.1 Å². The zero-order valence-electron chi connectivity index (χ0n) is 18.2. The number of benzene rings is 2. The number of carbonyl (C=O) groups is 1. The maximum atomic E-state index is 14.3. The fraction of sp³-hybridized carbons (Fsp3) is 0.208. The Morgan fingerprint density at radius 2 is 1.84 bits per heavy atom. The van der Waals surface area contributed by atoms with Gasteiger partial charge < -0.3 is 30.7 Å². The number of amides is 1. The van der Waals surface area contributed by atoms with Crippen LogP contribution in [-0.2, 0) is 4.79 Å². The van der Waals surface area contributed by atoms with Crippen molar-refractivity contribution in [2.24, 2.45) is 5.73 Å². The minimum absolute atomic E-state index is 0.0716. The lowest BCUT2D eigenvalue weighted by atomic mass is 10.1. The SMILES string of the molecule is COc1cccc(OCC(N)=O)c1C1=C(Nc2c(C)cccc2C)N2CC(F)=CC=C2N1. The third-order valence-corrected chi connectivity index (χ3v) is 5.33. The van der Waals surface area contributed by atoms with Crippen LogP contribution in [0, 0.1) is 13.8 Å². The van der Waals surface area contributed by atoms with E-state index in [-0.39, 0.29) is 19.0 Å². The topological polar surface area (TPSA) is 88.8 Å². The fourth-order valence-electron chi connectivity index (χ4n) is 3.82. The van der Waals surface area contributed by atoms with Crippen LogP contribution < -0.4 is 25.8 Å². The number of nitrogens with zero attached hydrogens (tertiary/aromatic N) is 1. The van der Waals surface area contributed by atoms with E-state index < -0.39 is 5.91 Å². The van der Waals surface area contributed by atoms with Crippen molar-refractivity contribution >= 4 is 17.3 Å². The fourth-order valence-corrected chi connectivity index (χ4v) is 3.82. The van der Waals surface area contributed by atoms with Gasteiger partial charge in [-0.15, -0.1) is 0 Å². The molecule has 0 radical (unpaired) electrons. The van der Waals surface area contributed by atoms with Crippen molar-refractivity contribution in [2.75, 3.05) is 25.6 Å². The van der Waals surface area contributed by atoms with Crippen LogP contribution in [0.4, 0.5) is 10.1 Å². The molecule has 8 heteroatoms. The molecule has 0 saturated carbocycles. The van der Waals surface area contributed by atoms with E-state index in [0.29, 0.717) is 34.4 Å². The molecule has 4 N–H and O–H groups in total. The third-order valence-electron chi connectivity index (χ3n) is 5.33. The van der Waals surface area contributed by atoms with Gasteiger partial charge >= 0.3 is 0 Å². The number of para-hydroxylation sites is 1. The van der Waals surface area contributed by atoms with Gasteiger partial charge in [-0.1, -0.05) is 24.3 Å². The molecule has 2 aliphatic rings. The van der Waals surface area contributed by atoms with Gasteiger partial charge in [0.05, 0.1) is 24.9 Å². The summed E-state index contributed by atoms with van der Waals surface area (Å²) in [5, 5.41) is 6.85. The van der Waals surface area contributed by atoms with Crippen molar-refractivity contribution in [1.82, 2.24) is 10.2 Å². The molecule has 2 aromatic carbocycles. The smallest absolute Gasteiger partial charge is 0.255 e. The second kappa shape index (κ2) is 8.66. The van der Waals surface area contributed by atoms with Crippen LogP contribution in [0.2, 0.25) is 0 Å². The van der Waals surface area contributed by atoms with E-state index in [9.17, 15) is 9.18 Å². The van der Waals surface area contributed by atoms with Gasteiger partial charge in [-0.05, 0) is 49.3 Å². The highest BCUT2D eigenvalue weighted by Gasteiger charge is 2.33. The Bertz CT molecular complexity index is 1150. The second-order valence-electron chi connectivity index (χ2n) is 7.58. The quantitative estimate of drug-likeness (QED) is 0.616. The van der Waals surface area contributed by atoms with Crippen LogP contribution in [0.25, 0.3) is 5.70 Å². The molecule has 7 nitrogen and oxygen atoms in total. The van der Waals surface area contributed by atoms with E-state index in [1.807, 2.05) is 36.9 Å². The molecule has 32 heavy (non-hydrogen) atoms. The minimum atomic E-state index is -0.590. The molecule has 0 unspecified atom stereocenters. The Kier molecular flexibility index (Phi) is 5.77. The van der Waals surface area contributed by atoms with Crippen LogP contribution in [0.15, 0.2) is 66.0 Å². The molecule has 0 bridgehead atoms. The van der Waals surface area contributed by atoms with E-state index in [1.54, 1.807) is 31.4 Å². The predicted molar refractivity (Wildman–Crippen MR) is 121 cm³/mol. The number of allylic oxidation sites excluding steroid dienone is 2. The van der Waals surface area contributed by atoms with Gasteiger partial charge in [0.25, 0.3) is 5.91 Å². The minimum Gasteiger partial charge on any atom is -0.496 e. The standard InChI is InChI=1S/C24H25FN4O3/c1-14-6-4-7-15(2)22(14)28-24-23(27-20-11-10-16(25)12-29(20)24)21-17(31-3)8-5-9-18(21)32-13-19(26)30/h4-11,27-28H,12-13H2,1-3H3,(H2,26,30). The number of nitrogens with two attached hydrogens (primary N) is 1. The first-order valence-electron chi connectivity index (χ1n) is 10.2. The lowest BCUT2D eigenvalue weighted by Crippen LogP contribution is -2.28. The second-order valence-corrected chi connectivity index (χ2v) is 7.58. The number of methoxy groups -OCH3 is 1. The molecule has 1 amide bonds. The van der Waals surface area contributed by atoms with Crippen LogP contribution in [0.1, 0.15) is 16.7 Å². The number of halogens is 1. The Hall–Kier alpha value is -3.94. The summed E-state index contributed by atoms with van der Waals surface area (Å²) < 4.78 is 25.5. The molecule has 0 aromatic heterocycles. The predicted octanol–water partition coefficient (Wildman–Crippen LogP) is 3.53. The van der Waals surface area contributed by atoms with E-state index in [1.165, 1.54) is 6.08 Å². The number of primary amides is 1. The summed E-state index contributed by atoms with van der Waals surface area (Å²) in [7, 11) is 1.55. The van der Waals surface area contributed by atoms with Crippen molar-refractivity contribution < 1.29 is 18.7 Å². The average Bonchev–Trinajstić information content (AvgIpc) is 3.11. The van der Waals surface area contributed by atoms with Crippen molar-refractivity contribution in [3.05, 3.63) is 82.7 Å². The highest BCUT2D eigenvalue weighted by Crippen LogP contribution is 2.41. The van der Waals surface area contributed by atoms with Gasteiger partial charge in [-0.3, -0.25) is 4.79 Å². The number of rotatable bonds is 7. The molecule has 0 fully saturated rings. The largest absolute Gasteiger partial charge is 0.496 e. The van der Waals surface area contributed by atoms with E-state index >= 15 is 0 Å². The maximum Gasteiger partial charge on any atom is 0.255 e. The summed E-state index contributed by atoms with van der Waals surface area (Å²) in [5.41, 5.74) is 9.54. The number of nitrogens with one attached hydrogen (secondary N) is 2. The van der Waals surface area contributed by atoms with Gasteiger partial charge in [0.1, 0.15) is 29.0 Å². The first kappa shape index (κ1) is 21.3. The Morgan fingerprint density at radius 3 is 2.53 bits per heavy atom. The first-order chi connectivity index (χ1) is 15.4. The van der Waals surface area contributed by atoms with Gasteiger partial charge in [-0.2, -0.15) is 0 Å². The van der Waals surface area contributed by atoms with Crippen molar-refractivity contribution in [2.45, 2.75) is 13.8 Å². The molecule has 166 valence electrons. The highest BCUT2D eigenvalue weighted by molar-refractivity contribution is 5.83. The normalized spacial score (nSPS) is 14.9. The summed E-state index contributed by atoms with van der Waals surface area (Å²) >= 11 is 0. The molecular formula is C24H25FN4O3. The molecule has 2 aromatic rings. The maximum absolute atomic E-state index is 14.3. The average molecular weight is 436 g/mol. The van der Waals surface area contributed by atoms with Crippen molar-refractivity contribution in [1.29, 1.82) is 0 Å². The molecule has 0 spiro atoms. The van der Waals surface area contributed by atoms with Crippen LogP contribution in [0.5, 0.6) is 11.5 Å². The zero-order valence-corrected chi connectivity index (χ0v) is 18.2. The number of aryl methyl sites for hydroxylation is 2. The molecule has 4 rings (SSSR count). The lowest BCUT2D eigenvalue weighted by molar-refractivity contribution is -0.119. The number of fused-ring (bicyclic) bond motifs is 1. The van der Waals surface area contributed by atoms with Gasteiger partial charge in [-0.25, -0.2) is 4.39 Å². The van der Waals surface area contributed by atoms with Crippen LogP contribution in [0.3, 0.4) is 0 Å². The summed E-state index contributed by atoms with van der Waals surface area (Å²) in [6.45, 7) is 3.81. The molecule has 0 saturated heterocycles. The summed E-state index contributed by atoms with van der Waals surface area (Å²) in [6.07, 6.45) is 3.11. The number of anilines is 1. The number of ether oxygens (including phenoxy) is 2. The zero-order chi connectivity index (χ0) is 22.8. The summed E-state index contributed by atoms with van der Waals surface area (Å²) in [5.74, 6) is 1.45. The van der Waals surface area contributed by atoms with E-state index in [2.05, 4.69) is 10.6 Å². The van der Waals surface area contributed by atoms with Crippen LogP contribution >= 0.6 is 0 Å². The Morgan fingerprint density at radius 1 is 1.16 bits per heavy atom. The molecule has 0 atom stereocenters. The summed E-state index contributed by atoms with van der Waals surface area (Å²) in [4.78, 5) is 13.2. The van der Waals surface area contributed by atoms with Crippen molar-refractivity contribution in [3.8, 4) is 11.5 Å². The number of hydrogen-bond acceptors (Lipinski definition) is 6. The monoisotopic (exact) mass is 436 g/mol. The van der Waals surface area contributed by atoms with Crippen molar-refractivity contribution in [3.63, 3.8) is 0 Å². The third kappa shape index (κ3) is 3.99.